The highest BCUT2D eigenvalue weighted by molar-refractivity contribution is 5.84. The molecule has 0 aliphatic heterocycles. The lowest BCUT2D eigenvalue weighted by Crippen LogP contribution is -2.05. The summed E-state index contributed by atoms with van der Waals surface area (Å²) in [4.78, 5) is 54.8. The fourth-order valence-corrected chi connectivity index (χ4v) is 6.43. The molecule has 0 unspecified atom stereocenters. The molecular formula is C46H38N12O4. The molecule has 62 heavy (non-hydrogen) atoms. The van der Waals surface area contributed by atoms with Crippen LogP contribution in [0.1, 0.15) is 22.7 Å². The van der Waals surface area contributed by atoms with E-state index in [9.17, 15) is 9.59 Å². The third kappa shape index (κ3) is 9.61. The number of nitrogens with zero attached hydrogens (tertiary/aromatic N) is 8. The molecule has 8 heterocycles. The monoisotopic (exact) mass is 822 g/mol. The molecule has 306 valence electrons. The molecule has 16 heteroatoms. The van der Waals surface area contributed by atoms with Crippen molar-refractivity contribution in [3.05, 3.63) is 157 Å². The zero-order chi connectivity index (χ0) is 42.8. The summed E-state index contributed by atoms with van der Waals surface area (Å²) < 4.78 is 10.2. The van der Waals surface area contributed by atoms with E-state index in [1.807, 2.05) is 98.8 Å². The van der Waals surface area contributed by atoms with E-state index in [0.717, 1.165) is 78.6 Å². The first-order valence-electron chi connectivity index (χ1n) is 19.3. The average Bonchev–Trinajstić information content (AvgIpc) is 4.13. The Hall–Kier alpha value is -8.66. The van der Waals surface area contributed by atoms with Crippen molar-refractivity contribution in [3.63, 3.8) is 0 Å². The Bertz CT molecular complexity index is 3070. The Morgan fingerprint density at radius 3 is 1.68 bits per heavy atom. The Morgan fingerprint density at radius 2 is 1.15 bits per heavy atom. The number of H-pyrrole nitrogens is 2. The van der Waals surface area contributed by atoms with Crippen LogP contribution in [0.3, 0.4) is 0 Å². The molecule has 0 aliphatic carbocycles. The van der Waals surface area contributed by atoms with Gasteiger partial charge in [-0.15, -0.1) is 0 Å². The first-order valence-corrected chi connectivity index (χ1v) is 19.3. The van der Waals surface area contributed by atoms with Gasteiger partial charge in [0.25, 0.3) is 0 Å². The number of benzene rings is 2. The number of nitrogens with one attached hydrogen (secondary N) is 3. The van der Waals surface area contributed by atoms with Gasteiger partial charge < -0.3 is 24.7 Å². The SMILES string of the molecule is Cc1nccc2[nH]c(-c3ccc(CC(=O)Cc4cc(-c5ccncc5)no4)cc3)nc12.Cc1nccc2[nH]c(-c3ccc(N)cc3)nc12.O=CNc1cc(-c2ccncc2)no1. The van der Waals surface area contributed by atoms with Crippen molar-refractivity contribution in [2.45, 2.75) is 26.7 Å². The highest BCUT2D eigenvalue weighted by Crippen LogP contribution is 2.25. The van der Waals surface area contributed by atoms with Crippen LogP contribution in [0.2, 0.25) is 0 Å². The van der Waals surface area contributed by atoms with Gasteiger partial charge in [0.1, 0.15) is 45.6 Å². The van der Waals surface area contributed by atoms with Gasteiger partial charge in [0.15, 0.2) is 0 Å². The highest BCUT2D eigenvalue weighted by Gasteiger charge is 2.13. The number of aryl methyl sites for hydroxylation is 2. The van der Waals surface area contributed by atoms with Crippen LogP contribution in [0, 0.1) is 13.8 Å². The molecule has 5 N–H and O–H groups in total. The van der Waals surface area contributed by atoms with Crippen LogP contribution in [0.5, 0.6) is 0 Å². The summed E-state index contributed by atoms with van der Waals surface area (Å²) in [6, 6.07) is 30.1. The maximum atomic E-state index is 12.5. The third-order valence-corrected chi connectivity index (χ3v) is 9.57. The number of hydrogen-bond acceptors (Lipinski definition) is 13. The van der Waals surface area contributed by atoms with Gasteiger partial charge in [0.2, 0.25) is 12.3 Å². The Morgan fingerprint density at radius 1 is 0.629 bits per heavy atom. The van der Waals surface area contributed by atoms with Gasteiger partial charge in [0, 0.05) is 83.7 Å². The number of Topliss-reactive ketones (excluding diaryl/α,β-unsaturated/α-hetero) is 1. The van der Waals surface area contributed by atoms with Crippen molar-refractivity contribution in [2.24, 2.45) is 0 Å². The van der Waals surface area contributed by atoms with Gasteiger partial charge in [-0.1, -0.05) is 34.6 Å². The Labute approximate surface area is 353 Å². The average molecular weight is 823 g/mol. The number of rotatable bonds is 10. The van der Waals surface area contributed by atoms with Crippen LogP contribution in [-0.2, 0) is 22.4 Å². The molecule has 2 aromatic carbocycles. The Kier molecular flexibility index (Phi) is 12.0. The number of amides is 1. The summed E-state index contributed by atoms with van der Waals surface area (Å²) in [5.74, 6) is 2.58. The summed E-state index contributed by atoms with van der Waals surface area (Å²) in [6.45, 7) is 3.89. The van der Waals surface area contributed by atoms with Crippen molar-refractivity contribution in [1.82, 2.24) is 50.2 Å². The molecule has 10 rings (SSSR count). The molecule has 16 nitrogen and oxygen atoms in total. The number of imidazole rings is 2. The predicted octanol–water partition coefficient (Wildman–Crippen LogP) is 8.16. The van der Waals surface area contributed by atoms with E-state index in [-0.39, 0.29) is 12.2 Å². The van der Waals surface area contributed by atoms with E-state index >= 15 is 0 Å². The first kappa shape index (κ1) is 40.1. The minimum Gasteiger partial charge on any atom is -0.399 e. The second-order valence-electron chi connectivity index (χ2n) is 14.0. The Balaban J connectivity index is 0.000000143. The smallest absolute Gasteiger partial charge is 0.231 e. The van der Waals surface area contributed by atoms with Crippen molar-refractivity contribution in [2.75, 3.05) is 11.1 Å². The molecule has 0 saturated heterocycles. The van der Waals surface area contributed by atoms with Gasteiger partial charge >= 0.3 is 0 Å². The number of pyridine rings is 4. The number of carbonyl (C=O) groups excluding carboxylic acids is 2. The van der Waals surface area contributed by atoms with Crippen molar-refractivity contribution in [1.29, 1.82) is 0 Å². The van der Waals surface area contributed by atoms with E-state index in [1.54, 1.807) is 49.3 Å². The normalized spacial score (nSPS) is 10.7. The molecule has 0 atom stereocenters. The second-order valence-corrected chi connectivity index (χ2v) is 14.0. The minimum atomic E-state index is 0.0654. The maximum Gasteiger partial charge on any atom is 0.231 e. The molecule has 0 bridgehead atoms. The molecule has 0 saturated carbocycles. The van der Waals surface area contributed by atoms with Gasteiger partial charge in [0.05, 0.1) is 28.8 Å². The number of aromatic nitrogens is 10. The number of fused-ring (bicyclic) bond motifs is 2. The van der Waals surface area contributed by atoms with E-state index in [4.69, 9.17) is 14.8 Å². The molecule has 10 aromatic rings. The molecule has 0 spiro atoms. The quantitative estimate of drug-likeness (QED) is 0.0754. The van der Waals surface area contributed by atoms with E-state index < -0.39 is 0 Å². The topological polar surface area (TPSA) is 233 Å². The summed E-state index contributed by atoms with van der Waals surface area (Å²) in [5, 5.41) is 10.2. The molecule has 1 amide bonds. The van der Waals surface area contributed by atoms with E-state index in [1.165, 1.54) is 0 Å². The molecule has 0 radical (unpaired) electrons. The zero-order valence-electron chi connectivity index (χ0n) is 33.5. The van der Waals surface area contributed by atoms with Crippen LogP contribution < -0.4 is 11.1 Å². The maximum absolute atomic E-state index is 12.5. The molecule has 8 aromatic heterocycles. The lowest BCUT2D eigenvalue weighted by Gasteiger charge is -2.02. The molecular weight excluding hydrogens is 785 g/mol. The third-order valence-electron chi connectivity index (χ3n) is 9.57. The lowest BCUT2D eigenvalue weighted by molar-refractivity contribution is -0.118. The number of nitrogen functional groups attached to an aromatic ring is 1. The summed E-state index contributed by atoms with van der Waals surface area (Å²) in [7, 11) is 0. The van der Waals surface area contributed by atoms with Gasteiger partial charge in [-0.3, -0.25) is 34.8 Å². The van der Waals surface area contributed by atoms with Crippen LogP contribution in [0.25, 0.3) is 67.4 Å². The number of hydrogen-bond donors (Lipinski definition) is 4. The second kappa shape index (κ2) is 18.5. The van der Waals surface area contributed by atoms with Crippen molar-refractivity contribution < 1.29 is 18.6 Å². The van der Waals surface area contributed by atoms with Gasteiger partial charge in [-0.25, -0.2) is 9.97 Å². The van der Waals surface area contributed by atoms with Crippen LogP contribution in [0.4, 0.5) is 11.6 Å². The predicted molar refractivity (Wildman–Crippen MR) is 234 cm³/mol. The largest absolute Gasteiger partial charge is 0.399 e. The lowest BCUT2D eigenvalue weighted by atomic mass is 10.0. The van der Waals surface area contributed by atoms with Crippen molar-refractivity contribution >= 4 is 45.8 Å². The van der Waals surface area contributed by atoms with Gasteiger partial charge in [-0.05, 0) is 80.1 Å². The number of anilines is 2. The van der Waals surface area contributed by atoms with Crippen LogP contribution in [0.15, 0.2) is 143 Å². The number of carbonyl (C=O) groups is 2. The first-order chi connectivity index (χ1) is 30.3. The fraction of sp³-hybridized carbons (Fsp3) is 0.0870. The highest BCUT2D eigenvalue weighted by atomic mass is 16.5. The van der Waals surface area contributed by atoms with Crippen LogP contribution >= 0.6 is 0 Å². The standard InChI is InChI=1S/C24H19N5O2.C13H12N4.C9H7N3O2/c1-15-23-21(8-11-26-15)27-24(28-23)18-4-2-16(3-5-18)12-19(30)13-20-14-22(29-31-20)17-6-9-25-10-7-17;1-8-12-11(6-7-15-8)16-13(17-12)9-2-4-10(14)5-3-9;13-6-11-9-5-8(12-14-9)7-1-3-10-4-2-7/h2-11,14H,12-13H2,1H3,(H,27,28);2-7H,14H2,1H3,(H,16,17);1-6H,(H,11,13). The van der Waals surface area contributed by atoms with E-state index in [2.05, 4.69) is 55.5 Å². The summed E-state index contributed by atoms with van der Waals surface area (Å²) in [6.07, 6.45) is 11.3. The number of nitrogens with two attached hydrogens (primary N) is 1. The minimum absolute atomic E-state index is 0.0654. The fourth-order valence-electron chi connectivity index (χ4n) is 6.43. The summed E-state index contributed by atoms with van der Waals surface area (Å²) in [5.41, 5.74) is 18.1. The van der Waals surface area contributed by atoms with Crippen molar-refractivity contribution in [3.8, 4) is 45.3 Å². The summed E-state index contributed by atoms with van der Waals surface area (Å²) >= 11 is 0. The van der Waals surface area contributed by atoms with Gasteiger partial charge in [-0.2, -0.15) is 0 Å². The van der Waals surface area contributed by atoms with E-state index in [0.29, 0.717) is 35.9 Å². The number of ketones is 1. The molecule has 0 aliphatic rings. The van der Waals surface area contributed by atoms with Crippen LogP contribution in [-0.4, -0.2) is 62.4 Å². The zero-order valence-corrected chi connectivity index (χ0v) is 33.5. The molecule has 0 fully saturated rings. The number of aromatic amines is 2.